The van der Waals surface area contributed by atoms with E-state index in [0.29, 0.717) is 16.9 Å². The van der Waals surface area contributed by atoms with E-state index in [0.717, 1.165) is 11.8 Å². The first-order valence-electron chi connectivity index (χ1n) is 6.25. The van der Waals surface area contributed by atoms with Crippen LogP contribution >= 0.6 is 11.8 Å². The van der Waals surface area contributed by atoms with Gasteiger partial charge in [0.05, 0.1) is 12.2 Å². The van der Waals surface area contributed by atoms with Crippen LogP contribution in [0.4, 0.5) is 0 Å². The number of aliphatic hydroxyl groups is 2. The molecule has 6 heteroatoms. The van der Waals surface area contributed by atoms with Gasteiger partial charge < -0.3 is 20.1 Å². The van der Waals surface area contributed by atoms with E-state index in [4.69, 9.17) is 4.74 Å². The van der Waals surface area contributed by atoms with E-state index in [9.17, 15) is 20.1 Å². The fourth-order valence-electron chi connectivity index (χ4n) is 2.30. The van der Waals surface area contributed by atoms with Crippen LogP contribution in [0.1, 0.15) is 28.4 Å². The molecule has 0 saturated carbocycles. The molecular weight excluding hydrogens is 280 g/mol. The van der Waals surface area contributed by atoms with E-state index in [2.05, 4.69) is 0 Å². The SMILES string of the molecule is CSC(=O)c1c(C)cc2c(c1O)C[C@H](C(C)(O)CO)O2. The zero-order valence-corrected chi connectivity index (χ0v) is 12.5. The summed E-state index contributed by atoms with van der Waals surface area (Å²) in [5.41, 5.74) is 0.0176. The largest absolute Gasteiger partial charge is 0.507 e. The van der Waals surface area contributed by atoms with Crippen molar-refractivity contribution in [1.82, 2.24) is 0 Å². The first-order valence-corrected chi connectivity index (χ1v) is 7.48. The third-order valence-corrected chi connectivity index (χ3v) is 4.20. The Kier molecular flexibility index (Phi) is 4.00. The van der Waals surface area contributed by atoms with Gasteiger partial charge in [0.25, 0.3) is 0 Å². The number of carbonyl (C=O) groups excluding carboxylic acids is 1. The molecule has 1 aliphatic heterocycles. The topological polar surface area (TPSA) is 87.0 Å². The molecule has 2 rings (SSSR count). The molecule has 0 radical (unpaired) electrons. The van der Waals surface area contributed by atoms with Crippen LogP contribution in [0.2, 0.25) is 0 Å². The Labute approximate surface area is 121 Å². The van der Waals surface area contributed by atoms with Gasteiger partial charge in [0.2, 0.25) is 5.12 Å². The van der Waals surface area contributed by atoms with Crippen molar-refractivity contribution in [3.05, 3.63) is 22.8 Å². The van der Waals surface area contributed by atoms with Crippen molar-refractivity contribution in [2.24, 2.45) is 0 Å². The van der Waals surface area contributed by atoms with Crippen LogP contribution in [0.15, 0.2) is 6.07 Å². The average molecular weight is 298 g/mol. The number of ether oxygens (including phenoxy) is 1. The van der Waals surface area contributed by atoms with E-state index < -0.39 is 18.3 Å². The van der Waals surface area contributed by atoms with Gasteiger partial charge in [0.15, 0.2) is 0 Å². The van der Waals surface area contributed by atoms with Crippen LogP contribution in [0.3, 0.4) is 0 Å². The van der Waals surface area contributed by atoms with Crippen molar-refractivity contribution in [2.75, 3.05) is 12.9 Å². The summed E-state index contributed by atoms with van der Waals surface area (Å²) in [6, 6.07) is 1.69. The first-order chi connectivity index (χ1) is 9.31. The number of phenolic OH excluding ortho intramolecular Hbond substituents is 1. The maximum atomic E-state index is 11.9. The number of hydrogen-bond acceptors (Lipinski definition) is 6. The summed E-state index contributed by atoms with van der Waals surface area (Å²) in [4.78, 5) is 11.9. The zero-order valence-electron chi connectivity index (χ0n) is 11.6. The number of rotatable bonds is 3. The molecule has 0 bridgehead atoms. The highest BCUT2D eigenvalue weighted by Crippen LogP contribution is 2.42. The molecule has 1 unspecified atom stereocenters. The standard InChI is InChI=1S/C14H18O5S/c1-7-4-9-8(12(16)11(7)13(17)20-3)5-10(19-9)14(2,18)6-15/h4,10,15-16,18H,5-6H2,1-3H3/t10-,14?/m1/s1. The Morgan fingerprint density at radius 1 is 1.60 bits per heavy atom. The van der Waals surface area contributed by atoms with Gasteiger partial charge >= 0.3 is 0 Å². The molecule has 110 valence electrons. The lowest BCUT2D eigenvalue weighted by Crippen LogP contribution is -2.45. The fourth-order valence-corrected chi connectivity index (χ4v) is 2.76. The molecule has 1 heterocycles. The van der Waals surface area contributed by atoms with Gasteiger partial charge in [-0.3, -0.25) is 4.79 Å². The summed E-state index contributed by atoms with van der Waals surface area (Å²) in [5, 5.41) is 29.3. The monoisotopic (exact) mass is 298 g/mol. The summed E-state index contributed by atoms with van der Waals surface area (Å²) < 4.78 is 5.60. The van der Waals surface area contributed by atoms with Gasteiger partial charge in [-0.15, -0.1) is 0 Å². The fraction of sp³-hybridized carbons (Fsp3) is 0.500. The molecule has 1 aliphatic rings. The molecule has 1 aromatic carbocycles. The minimum Gasteiger partial charge on any atom is -0.507 e. The molecule has 0 fully saturated rings. The molecule has 0 spiro atoms. The predicted molar refractivity (Wildman–Crippen MR) is 76.5 cm³/mol. The van der Waals surface area contributed by atoms with E-state index in [1.165, 1.54) is 6.92 Å². The minimum absolute atomic E-state index is 0.0874. The van der Waals surface area contributed by atoms with Crippen LogP contribution in [-0.4, -0.2) is 45.0 Å². The zero-order chi connectivity index (χ0) is 15.1. The van der Waals surface area contributed by atoms with E-state index in [-0.39, 0.29) is 22.8 Å². The van der Waals surface area contributed by atoms with Crippen molar-refractivity contribution in [1.29, 1.82) is 0 Å². The molecule has 2 atom stereocenters. The number of phenols is 1. The lowest BCUT2D eigenvalue weighted by Gasteiger charge is -2.26. The van der Waals surface area contributed by atoms with Gasteiger partial charge in [-0.1, -0.05) is 11.8 Å². The van der Waals surface area contributed by atoms with Crippen molar-refractivity contribution in [3.63, 3.8) is 0 Å². The highest BCUT2D eigenvalue weighted by Gasteiger charge is 2.40. The van der Waals surface area contributed by atoms with E-state index in [1.54, 1.807) is 19.2 Å². The number of aromatic hydroxyl groups is 1. The predicted octanol–water partition coefficient (Wildman–Crippen LogP) is 1.25. The molecule has 0 aliphatic carbocycles. The van der Waals surface area contributed by atoms with Crippen LogP contribution < -0.4 is 4.74 Å². The quantitative estimate of drug-likeness (QED) is 0.778. The van der Waals surface area contributed by atoms with Gasteiger partial charge in [-0.2, -0.15) is 0 Å². The van der Waals surface area contributed by atoms with Crippen LogP contribution in [-0.2, 0) is 6.42 Å². The summed E-state index contributed by atoms with van der Waals surface area (Å²) in [6.45, 7) is 2.76. The second-order valence-electron chi connectivity index (χ2n) is 5.21. The third-order valence-electron chi connectivity index (χ3n) is 3.62. The summed E-state index contributed by atoms with van der Waals surface area (Å²) in [6.07, 6.45) is 1.26. The van der Waals surface area contributed by atoms with Crippen LogP contribution in [0.5, 0.6) is 11.5 Å². The summed E-state index contributed by atoms with van der Waals surface area (Å²) in [7, 11) is 0. The number of carbonyl (C=O) groups is 1. The Balaban J connectivity index is 2.44. The van der Waals surface area contributed by atoms with Crippen molar-refractivity contribution in [3.8, 4) is 11.5 Å². The molecule has 1 aromatic rings. The highest BCUT2D eigenvalue weighted by atomic mass is 32.2. The summed E-state index contributed by atoms with van der Waals surface area (Å²) in [5.74, 6) is 0.368. The lowest BCUT2D eigenvalue weighted by molar-refractivity contribution is -0.0729. The van der Waals surface area contributed by atoms with E-state index >= 15 is 0 Å². The smallest absolute Gasteiger partial charge is 0.223 e. The van der Waals surface area contributed by atoms with Crippen molar-refractivity contribution >= 4 is 16.9 Å². The van der Waals surface area contributed by atoms with Gasteiger partial charge in [0, 0.05) is 12.0 Å². The second-order valence-corrected chi connectivity index (χ2v) is 5.99. The number of hydrogen-bond donors (Lipinski definition) is 3. The van der Waals surface area contributed by atoms with Gasteiger partial charge in [-0.25, -0.2) is 0 Å². The number of thioether (sulfide) groups is 1. The third kappa shape index (κ3) is 2.39. The number of aryl methyl sites for hydroxylation is 1. The average Bonchev–Trinajstić information content (AvgIpc) is 2.83. The normalized spacial score (nSPS) is 20.1. The molecular formula is C14H18O5S. The minimum atomic E-state index is -1.40. The van der Waals surface area contributed by atoms with E-state index in [1.807, 2.05) is 0 Å². The van der Waals surface area contributed by atoms with Crippen LogP contribution in [0.25, 0.3) is 0 Å². The first kappa shape index (κ1) is 15.2. The second kappa shape index (κ2) is 5.27. The molecule has 20 heavy (non-hydrogen) atoms. The Bertz CT molecular complexity index is 553. The van der Waals surface area contributed by atoms with Crippen molar-refractivity contribution in [2.45, 2.75) is 32.0 Å². The molecule has 0 saturated heterocycles. The molecule has 3 N–H and O–H groups in total. The van der Waals surface area contributed by atoms with Crippen molar-refractivity contribution < 1.29 is 24.9 Å². The number of benzene rings is 1. The maximum absolute atomic E-state index is 11.9. The maximum Gasteiger partial charge on any atom is 0.223 e. The molecule has 5 nitrogen and oxygen atoms in total. The molecule has 0 amide bonds. The Hall–Kier alpha value is -1.24. The van der Waals surface area contributed by atoms with Gasteiger partial charge in [-0.05, 0) is 31.7 Å². The Morgan fingerprint density at radius 2 is 2.25 bits per heavy atom. The number of fused-ring (bicyclic) bond motifs is 1. The van der Waals surface area contributed by atoms with Gasteiger partial charge in [0.1, 0.15) is 23.2 Å². The molecule has 0 aromatic heterocycles. The lowest BCUT2D eigenvalue weighted by atomic mass is 9.94. The Morgan fingerprint density at radius 3 is 2.80 bits per heavy atom. The highest BCUT2D eigenvalue weighted by molar-refractivity contribution is 8.13. The summed E-state index contributed by atoms with van der Waals surface area (Å²) >= 11 is 1.03. The van der Waals surface area contributed by atoms with Crippen LogP contribution in [0, 0.1) is 6.92 Å². The number of aliphatic hydroxyl groups excluding tert-OH is 1.